The fourth-order valence-corrected chi connectivity index (χ4v) is 3.37. The van der Waals surface area contributed by atoms with E-state index in [1.165, 1.54) is 5.56 Å². The summed E-state index contributed by atoms with van der Waals surface area (Å²) in [5.41, 5.74) is 8.64. The van der Waals surface area contributed by atoms with Crippen molar-refractivity contribution in [2.75, 3.05) is 11.6 Å². The number of allylic oxidation sites excluding steroid dienone is 3. The third kappa shape index (κ3) is 4.35. The van der Waals surface area contributed by atoms with Gasteiger partial charge in [-0.2, -0.15) is 5.10 Å². The minimum atomic E-state index is 0.609. The Morgan fingerprint density at radius 3 is 2.83 bits per heavy atom. The molecular weight excluding hydrogens is 376 g/mol. The van der Waals surface area contributed by atoms with Crippen LogP contribution in [-0.4, -0.2) is 26.4 Å². The number of aromatic nitrogens is 4. The molecule has 1 aliphatic rings. The highest BCUT2D eigenvalue weighted by Gasteiger charge is 2.12. The van der Waals surface area contributed by atoms with Crippen LogP contribution >= 0.6 is 0 Å². The molecule has 4 rings (SSSR count). The number of nitrogens with zero attached hydrogens (tertiary/aromatic N) is 5. The molecule has 7 nitrogen and oxygen atoms in total. The minimum Gasteiger partial charge on any atom is -0.490 e. The number of rotatable bonds is 7. The van der Waals surface area contributed by atoms with Gasteiger partial charge >= 0.3 is 0 Å². The summed E-state index contributed by atoms with van der Waals surface area (Å²) >= 11 is 0. The normalized spacial score (nSPS) is 13.2. The van der Waals surface area contributed by atoms with Gasteiger partial charge in [-0.1, -0.05) is 25.1 Å². The van der Waals surface area contributed by atoms with Crippen LogP contribution in [0.15, 0.2) is 66.9 Å². The van der Waals surface area contributed by atoms with Crippen LogP contribution in [0.1, 0.15) is 25.1 Å². The van der Waals surface area contributed by atoms with Crippen LogP contribution in [0.25, 0.3) is 11.4 Å². The molecule has 0 fully saturated rings. The Labute approximate surface area is 176 Å². The molecule has 0 radical (unpaired) electrons. The monoisotopic (exact) mass is 402 g/mol. The number of hydrogen-bond donors (Lipinski definition) is 1. The second-order valence-electron chi connectivity index (χ2n) is 7.06. The summed E-state index contributed by atoms with van der Waals surface area (Å²) in [6.45, 7) is 4.65. The summed E-state index contributed by atoms with van der Waals surface area (Å²) in [4.78, 5) is 9.25. The van der Waals surface area contributed by atoms with E-state index in [1.807, 2.05) is 55.8 Å². The largest absolute Gasteiger partial charge is 0.490 e. The molecular formula is C23H26N6O. The number of anilines is 1. The summed E-state index contributed by atoms with van der Waals surface area (Å²) < 4.78 is 7.42. The highest BCUT2D eigenvalue weighted by atomic mass is 16.5. The number of ether oxygens (including phenoxy) is 1. The third-order valence-corrected chi connectivity index (χ3v) is 4.81. The lowest BCUT2D eigenvalue weighted by Crippen LogP contribution is -2.34. The molecule has 0 atom stereocenters. The molecule has 1 N–H and O–H groups in total. The van der Waals surface area contributed by atoms with Gasteiger partial charge in [0.05, 0.1) is 30.9 Å². The average molecular weight is 403 g/mol. The Morgan fingerprint density at radius 2 is 2.07 bits per heavy atom. The molecule has 1 aromatic carbocycles. The van der Waals surface area contributed by atoms with E-state index >= 15 is 0 Å². The Kier molecular flexibility index (Phi) is 5.79. The van der Waals surface area contributed by atoms with Gasteiger partial charge in [0.1, 0.15) is 5.69 Å². The minimum absolute atomic E-state index is 0.609. The van der Waals surface area contributed by atoms with E-state index in [4.69, 9.17) is 9.72 Å². The quantitative estimate of drug-likeness (QED) is 0.648. The number of aryl methyl sites for hydroxylation is 2. The second-order valence-corrected chi connectivity index (χ2v) is 7.06. The van der Waals surface area contributed by atoms with Gasteiger partial charge < -0.3 is 4.74 Å². The Bertz CT molecular complexity index is 1080. The first kappa shape index (κ1) is 19.7. The van der Waals surface area contributed by atoms with E-state index in [1.54, 1.807) is 10.9 Å². The summed E-state index contributed by atoms with van der Waals surface area (Å²) in [6, 6.07) is 8.36. The highest BCUT2D eigenvalue weighted by Crippen LogP contribution is 2.23. The van der Waals surface area contributed by atoms with Gasteiger partial charge in [0.15, 0.2) is 11.6 Å². The molecule has 0 spiro atoms. The summed E-state index contributed by atoms with van der Waals surface area (Å²) in [5, 5.41) is 6.20. The van der Waals surface area contributed by atoms with Crippen molar-refractivity contribution in [2.24, 2.45) is 7.05 Å². The maximum absolute atomic E-state index is 5.63. The van der Waals surface area contributed by atoms with Crippen molar-refractivity contribution in [3.8, 4) is 17.1 Å². The molecule has 3 aromatic rings. The zero-order valence-corrected chi connectivity index (χ0v) is 17.5. The Balaban J connectivity index is 1.51. The van der Waals surface area contributed by atoms with Crippen molar-refractivity contribution >= 4 is 5.69 Å². The predicted molar refractivity (Wildman–Crippen MR) is 118 cm³/mol. The number of nitrogens with one attached hydrogen (secondary N) is 1. The first-order valence-corrected chi connectivity index (χ1v) is 10.2. The van der Waals surface area contributed by atoms with Crippen molar-refractivity contribution < 1.29 is 4.74 Å². The molecule has 7 heteroatoms. The lowest BCUT2D eigenvalue weighted by Gasteiger charge is -2.25. The summed E-state index contributed by atoms with van der Waals surface area (Å²) in [5.74, 6) is 1.48. The van der Waals surface area contributed by atoms with E-state index < -0.39 is 0 Å². The van der Waals surface area contributed by atoms with Crippen molar-refractivity contribution in [3.63, 3.8) is 0 Å². The molecule has 154 valence electrons. The van der Waals surface area contributed by atoms with Gasteiger partial charge in [-0.05, 0) is 37.1 Å². The van der Waals surface area contributed by atoms with Crippen LogP contribution in [0, 0.1) is 0 Å². The third-order valence-electron chi connectivity index (χ3n) is 4.81. The second kappa shape index (κ2) is 8.82. The highest BCUT2D eigenvalue weighted by molar-refractivity contribution is 5.57. The van der Waals surface area contributed by atoms with Crippen LogP contribution in [0.4, 0.5) is 5.69 Å². The van der Waals surface area contributed by atoms with Crippen molar-refractivity contribution in [1.29, 1.82) is 0 Å². The van der Waals surface area contributed by atoms with Crippen LogP contribution in [0.3, 0.4) is 0 Å². The zero-order chi connectivity index (χ0) is 20.9. The van der Waals surface area contributed by atoms with Gasteiger partial charge in [0.2, 0.25) is 0 Å². The zero-order valence-electron chi connectivity index (χ0n) is 17.5. The molecule has 3 heterocycles. The SMILES string of the molecule is CCOc1cnc(-c2cccc(CC3=CC=CN(c4cnn(C)c4)N3)c2)nc1CC. The van der Waals surface area contributed by atoms with Gasteiger partial charge in [-0.15, -0.1) is 0 Å². The fourth-order valence-electron chi connectivity index (χ4n) is 3.37. The fraction of sp³-hybridized carbons (Fsp3) is 0.261. The van der Waals surface area contributed by atoms with E-state index in [2.05, 4.69) is 40.6 Å². The maximum Gasteiger partial charge on any atom is 0.159 e. The van der Waals surface area contributed by atoms with Crippen LogP contribution < -0.4 is 15.2 Å². The first-order valence-electron chi connectivity index (χ1n) is 10.2. The van der Waals surface area contributed by atoms with Crippen molar-refractivity contribution in [1.82, 2.24) is 25.2 Å². The maximum atomic E-state index is 5.63. The molecule has 0 aliphatic carbocycles. The van der Waals surface area contributed by atoms with Gasteiger partial charge in [0.25, 0.3) is 0 Å². The molecule has 0 saturated heterocycles. The smallest absolute Gasteiger partial charge is 0.159 e. The molecule has 0 amide bonds. The summed E-state index contributed by atoms with van der Waals surface area (Å²) in [7, 11) is 1.91. The van der Waals surface area contributed by atoms with E-state index in [-0.39, 0.29) is 0 Å². The number of hydrazine groups is 1. The number of benzene rings is 1. The molecule has 0 bridgehead atoms. The molecule has 0 saturated carbocycles. The van der Waals surface area contributed by atoms with Gasteiger partial charge in [0, 0.05) is 30.9 Å². The van der Waals surface area contributed by atoms with Gasteiger partial charge in [-0.3, -0.25) is 15.1 Å². The summed E-state index contributed by atoms with van der Waals surface area (Å²) in [6.07, 6.45) is 13.2. The molecule has 0 unspecified atom stereocenters. The lowest BCUT2D eigenvalue weighted by molar-refractivity contribution is 0.333. The Hall–Kier alpha value is -3.61. The predicted octanol–water partition coefficient (Wildman–Crippen LogP) is 3.80. The Morgan fingerprint density at radius 1 is 1.17 bits per heavy atom. The van der Waals surface area contributed by atoms with E-state index in [0.717, 1.165) is 47.1 Å². The van der Waals surface area contributed by atoms with E-state index in [0.29, 0.717) is 6.61 Å². The standard InChI is InChI=1S/C23H26N6O/c1-4-21-22(30-5-2)15-24-23(26-21)18-9-6-8-17(12-18)13-19-10-7-11-29(27-19)20-14-25-28(3)16-20/h6-12,14-16,27H,4-5,13H2,1-3H3. The van der Waals surface area contributed by atoms with Gasteiger partial charge in [-0.25, -0.2) is 9.97 Å². The van der Waals surface area contributed by atoms with Crippen LogP contribution in [0.2, 0.25) is 0 Å². The first-order chi connectivity index (χ1) is 14.7. The average Bonchev–Trinajstić information content (AvgIpc) is 3.21. The van der Waals surface area contributed by atoms with Crippen molar-refractivity contribution in [3.05, 3.63) is 78.2 Å². The van der Waals surface area contributed by atoms with E-state index in [9.17, 15) is 0 Å². The van der Waals surface area contributed by atoms with Crippen LogP contribution in [0.5, 0.6) is 5.75 Å². The molecule has 2 aromatic heterocycles. The van der Waals surface area contributed by atoms with Crippen LogP contribution in [-0.2, 0) is 19.9 Å². The van der Waals surface area contributed by atoms with Crippen molar-refractivity contribution in [2.45, 2.75) is 26.7 Å². The number of hydrogen-bond acceptors (Lipinski definition) is 6. The molecule has 1 aliphatic heterocycles. The topological polar surface area (TPSA) is 68.1 Å². The lowest BCUT2D eigenvalue weighted by atomic mass is 10.1. The molecule has 30 heavy (non-hydrogen) atoms.